The maximum Gasteiger partial charge on any atom is 0.241 e. The number of ether oxygens (including phenoxy) is 1. The Morgan fingerprint density at radius 1 is 1.27 bits per heavy atom. The Bertz CT molecular complexity index is 1140. The fourth-order valence-corrected chi connectivity index (χ4v) is 3.89. The Kier molecular flexibility index (Phi) is 5.56. The summed E-state index contributed by atoms with van der Waals surface area (Å²) in [7, 11) is 1.63. The molecular formula is C21H22N6O2S. The van der Waals surface area contributed by atoms with Gasteiger partial charge in [-0.3, -0.25) is 4.79 Å². The van der Waals surface area contributed by atoms with Gasteiger partial charge in [-0.15, -0.1) is 10.2 Å². The number of methoxy groups -OCH3 is 1. The topological polar surface area (TPSA) is 107 Å². The van der Waals surface area contributed by atoms with E-state index in [1.165, 1.54) is 0 Å². The standard InChI is InChI=1S/C21H22N6O2S/c1-12-8-9-14(10-16(12)23-20(28)13(2)22)17-11-30-21-25-24-19(27(21)26-17)15-6-4-5-7-18(15)29-3/h4-10,13H,11,22H2,1-3H3,(H,23,28)/t13-/m0/s1. The number of thioether (sulfide) groups is 1. The molecule has 9 heteroatoms. The Balaban J connectivity index is 1.73. The van der Waals surface area contributed by atoms with Gasteiger partial charge in [0.05, 0.1) is 24.4 Å². The van der Waals surface area contributed by atoms with Crippen LogP contribution in [0.1, 0.15) is 18.1 Å². The summed E-state index contributed by atoms with van der Waals surface area (Å²) < 4.78 is 7.21. The van der Waals surface area contributed by atoms with E-state index in [1.54, 1.807) is 30.5 Å². The van der Waals surface area contributed by atoms with E-state index < -0.39 is 6.04 Å². The third kappa shape index (κ3) is 3.81. The van der Waals surface area contributed by atoms with Crippen molar-refractivity contribution >= 4 is 29.1 Å². The lowest BCUT2D eigenvalue weighted by Gasteiger charge is -2.16. The number of para-hydroxylation sites is 1. The second-order valence-corrected chi connectivity index (χ2v) is 7.90. The van der Waals surface area contributed by atoms with Gasteiger partial charge in [-0.05, 0) is 37.6 Å². The van der Waals surface area contributed by atoms with Crippen LogP contribution in [0.15, 0.2) is 52.7 Å². The number of aryl methyl sites for hydroxylation is 1. The molecule has 0 fully saturated rings. The minimum Gasteiger partial charge on any atom is -0.496 e. The third-order valence-corrected chi connectivity index (χ3v) is 5.69. The lowest BCUT2D eigenvalue weighted by molar-refractivity contribution is -0.117. The van der Waals surface area contributed by atoms with Crippen molar-refractivity contribution < 1.29 is 9.53 Å². The van der Waals surface area contributed by atoms with E-state index in [9.17, 15) is 4.79 Å². The van der Waals surface area contributed by atoms with E-state index in [2.05, 4.69) is 15.5 Å². The summed E-state index contributed by atoms with van der Waals surface area (Å²) in [4.78, 5) is 12.0. The number of amides is 1. The maximum atomic E-state index is 12.0. The minimum absolute atomic E-state index is 0.227. The van der Waals surface area contributed by atoms with E-state index in [0.717, 1.165) is 33.2 Å². The van der Waals surface area contributed by atoms with Crippen LogP contribution >= 0.6 is 11.8 Å². The van der Waals surface area contributed by atoms with Crippen molar-refractivity contribution in [1.29, 1.82) is 0 Å². The Labute approximate surface area is 178 Å². The molecule has 0 aliphatic carbocycles. The van der Waals surface area contributed by atoms with E-state index in [4.69, 9.17) is 15.6 Å². The smallest absolute Gasteiger partial charge is 0.241 e. The number of aromatic nitrogens is 3. The first-order valence-electron chi connectivity index (χ1n) is 9.45. The minimum atomic E-state index is -0.585. The highest BCUT2D eigenvalue weighted by molar-refractivity contribution is 7.99. The molecule has 8 nitrogen and oxygen atoms in total. The van der Waals surface area contributed by atoms with Crippen molar-refractivity contribution in [1.82, 2.24) is 14.9 Å². The van der Waals surface area contributed by atoms with Gasteiger partial charge in [0.1, 0.15) is 5.75 Å². The molecule has 2 heterocycles. The zero-order valence-electron chi connectivity index (χ0n) is 16.9. The molecule has 2 aromatic carbocycles. The SMILES string of the molecule is COc1ccccc1-c1nnc2n1N=C(c1ccc(C)c(NC(=O)[C@H](C)N)c1)CS2. The van der Waals surface area contributed by atoms with Crippen LogP contribution in [0.5, 0.6) is 5.75 Å². The van der Waals surface area contributed by atoms with Gasteiger partial charge in [-0.1, -0.05) is 36.0 Å². The number of rotatable bonds is 5. The van der Waals surface area contributed by atoms with E-state index >= 15 is 0 Å². The molecule has 0 radical (unpaired) electrons. The van der Waals surface area contributed by atoms with Crippen molar-refractivity contribution in [3.05, 3.63) is 53.6 Å². The van der Waals surface area contributed by atoms with Gasteiger partial charge in [0.15, 0.2) is 5.82 Å². The number of hydrogen-bond acceptors (Lipinski definition) is 7. The number of fused-ring (bicyclic) bond motifs is 1. The molecule has 1 amide bonds. The van der Waals surface area contributed by atoms with Crippen molar-refractivity contribution in [2.75, 3.05) is 18.2 Å². The van der Waals surface area contributed by atoms with E-state index in [-0.39, 0.29) is 5.91 Å². The Morgan fingerprint density at radius 3 is 2.83 bits per heavy atom. The largest absolute Gasteiger partial charge is 0.496 e. The maximum absolute atomic E-state index is 12.0. The number of nitrogens with two attached hydrogens (primary N) is 1. The molecule has 1 aromatic heterocycles. The van der Waals surface area contributed by atoms with Crippen molar-refractivity contribution in [2.45, 2.75) is 25.0 Å². The third-order valence-electron chi connectivity index (χ3n) is 4.76. The van der Waals surface area contributed by atoms with Gasteiger partial charge < -0.3 is 15.8 Å². The molecule has 0 saturated carbocycles. The number of benzene rings is 2. The Hall–Kier alpha value is -3.17. The summed E-state index contributed by atoms with van der Waals surface area (Å²) in [5, 5.41) is 17.0. The molecule has 4 rings (SSSR count). The van der Waals surface area contributed by atoms with Crippen molar-refractivity contribution in [3.8, 4) is 17.1 Å². The molecule has 1 aliphatic rings. The molecular weight excluding hydrogens is 400 g/mol. The normalized spacial score (nSPS) is 13.9. The fraction of sp³-hybridized carbons (Fsp3) is 0.238. The lowest BCUT2D eigenvalue weighted by atomic mass is 10.1. The molecule has 0 bridgehead atoms. The van der Waals surface area contributed by atoms with Gasteiger partial charge in [-0.2, -0.15) is 9.78 Å². The van der Waals surface area contributed by atoms with Crippen LogP contribution in [0, 0.1) is 6.92 Å². The predicted molar refractivity (Wildman–Crippen MR) is 118 cm³/mol. The Morgan fingerprint density at radius 2 is 2.07 bits per heavy atom. The average molecular weight is 423 g/mol. The van der Waals surface area contributed by atoms with Crippen LogP contribution < -0.4 is 15.8 Å². The van der Waals surface area contributed by atoms with Crippen molar-refractivity contribution in [3.63, 3.8) is 0 Å². The molecule has 30 heavy (non-hydrogen) atoms. The van der Waals surface area contributed by atoms with Crippen LogP contribution in [0.3, 0.4) is 0 Å². The van der Waals surface area contributed by atoms with E-state index in [1.807, 2.05) is 49.4 Å². The van der Waals surface area contributed by atoms with Crippen LogP contribution in [0.2, 0.25) is 0 Å². The quantitative estimate of drug-likeness (QED) is 0.655. The second kappa shape index (κ2) is 8.29. The first kappa shape index (κ1) is 20.1. The van der Waals surface area contributed by atoms with Gasteiger partial charge in [-0.25, -0.2) is 0 Å². The zero-order valence-corrected chi connectivity index (χ0v) is 17.7. The average Bonchev–Trinajstić information content (AvgIpc) is 3.18. The molecule has 154 valence electrons. The highest BCUT2D eigenvalue weighted by Crippen LogP contribution is 2.33. The van der Waals surface area contributed by atoms with Gasteiger partial charge in [0.2, 0.25) is 11.1 Å². The van der Waals surface area contributed by atoms with Crippen LogP contribution in [0.4, 0.5) is 5.69 Å². The van der Waals surface area contributed by atoms with Crippen LogP contribution in [-0.2, 0) is 4.79 Å². The van der Waals surface area contributed by atoms with Gasteiger partial charge in [0.25, 0.3) is 0 Å². The summed E-state index contributed by atoms with van der Waals surface area (Å²) in [6.45, 7) is 3.60. The number of carbonyl (C=O) groups excluding carboxylic acids is 1. The molecule has 0 spiro atoms. The number of nitrogens with zero attached hydrogens (tertiary/aromatic N) is 4. The summed E-state index contributed by atoms with van der Waals surface area (Å²) >= 11 is 1.56. The summed E-state index contributed by atoms with van der Waals surface area (Å²) in [5.41, 5.74) is 9.96. The molecule has 1 aliphatic heterocycles. The summed E-state index contributed by atoms with van der Waals surface area (Å²) in [6, 6.07) is 12.9. The molecule has 3 N–H and O–H groups in total. The molecule has 1 atom stereocenters. The van der Waals surface area contributed by atoms with Gasteiger partial charge >= 0.3 is 0 Å². The fourth-order valence-electron chi connectivity index (χ4n) is 3.05. The van der Waals surface area contributed by atoms with Crippen LogP contribution in [-0.4, -0.2) is 45.4 Å². The summed E-state index contributed by atoms with van der Waals surface area (Å²) in [6.07, 6.45) is 0. The second-order valence-electron chi connectivity index (χ2n) is 6.96. The number of hydrogen-bond donors (Lipinski definition) is 2. The van der Waals surface area contributed by atoms with Crippen LogP contribution in [0.25, 0.3) is 11.4 Å². The number of anilines is 1. The monoisotopic (exact) mass is 422 g/mol. The van der Waals surface area contributed by atoms with Gasteiger partial charge in [0, 0.05) is 17.0 Å². The lowest BCUT2D eigenvalue weighted by Crippen LogP contribution is -2.32. The van der Waals surface area contributed by atoms with Crippen molar-refractivity contribution in [2.24, 2.45) is 10.8 Å². The molecule has 0 saturated heterocycles. The highest BCUT2D eigenvalue weighted by atomic mass is 32.2. The first-order valence-corrected chi connectivity index (χ1v) is 10.4. The predicted octanol–water partition coefficient (Wildman–Crippen LogP) is 2.91. The van der Waals surface area contributed by atoms with E-state index in [0.29, 0.717) is 17.3 Å². The highest BCUT2D eigenvalue weighted by Gasteiger charge is 2.23. The number of carbonyl (C=O) groups is 1. The summed E-state index contributed by atoms with van der Waals surface area (Å²) in [5.74, 6) is 1.74. The number of nitrogens with one attached hydrogen (secondary N) is 1. The first-order chi connectivity index (χ1) is 14.5. The molecule has 0 unspecified atom stereocenters. The molecule has 3 aromatic rings. The zero-order chi connectivity index (χ0) is 21.3.